The summed E-state index contributed by atoms with van der Waals surface area (Å²) in [7, 11) is -3.74. The molecule has 160 valence electrons. The third kappa shape index (κ3) is 4.03. The van der Waals surface area contributed by atoms with Gasteiger partial charge in [-0.1, -0.05) is 57.2 Å². The topological polar surface area (TPSA) is 66.5 Å². The van der Waals surface area contributed by atoms with Crippen molar-refractivity contribution in [3.8, 4) is 0 Å². The molecule has 1 aliphatic heterocycles. The third-order valence-electron chi connectivity index (χ3n) is 5.85. The zero-order valence-electron chi connectivity index (χ0n) is 17.6. The van der Waals surface area contributed by atoms with Crippen LogP contribution in [-0.2, 0) is 26.7 Å². The molecule has 2 aromatic rings. The second-order valence-corrected chi connectivity index (χ2v) is 12.0. The maximum Gasteiger partial charge on any atom is 0.249 e. The van der Waals surface area contributed by atoms with Crippen LogP contribution < -0.4 is 5.32 Å². The minimum Gasteiger partial charge on any atom is -0.347 e. The van der Waals surface area contributed by atoms with Crippen LogP contribution in [0.2, 0.25) is 0 Å². The lowest BCUT2D eigenvalue weighted by Gasteiger charge is -2.25. The van der Waals surface area contributed by atoms with E-state index in [1.165, 1.54) is 21.6 Å². The quantitative estimate of drug-likeness (QED) is 0.778. The lowest BCUT2D eigenvalue weighted by Crippen LogP contribution is -2.45. The first-order valence-corrected chi connectivity index (χ1v) is 12.8. The Morgan fingerprint density at radius 1 is 1.10 bits per heavy atom. The maximum absolute atomic E-state index is 13.3. The highest BCUT2D eigenvalue weighted by molar-refractivity contribution is 8.02. The fraction of sp³-hybridized carbons (Fsp3) is 0.435. The van der Waals surface area contributed by atoms with Gasteiger partial charge in [0.25, 0.3) is 0 Å². The van der Waals surface area contributed by atoms with Gasteiger partial charge in [-0.3, -0.25) is 4.79 Å². The Labute approximate surface area is 183 Å². The number of hydrogen-bond acceptors (Lipinski definition) is 4. The number of rotatable bonds is 4. The van der Waals surface area contributed by atoms with Gasteiger partial charge in [0.15, 0.2) is 0 Å². The van der Waals surface area contributed by atoms with Crippen LogP contribution in [0.3, 0.4) is 0 Å². The number of thioether (sulfide) groups is 1. The molecule has 0 bridgehead atoms. The van der Waals surface area contributed by atoms with Gasteiger partial charge in [0.2, 0.25) is 15.9 Å². The summed E-state index contributed by atoms with van der Waals surface area (Å²) < 4.78 is 27.9. The first-order valence-electron chi connectivity index (χ1n) is 10.3. The van der Waals surface area contributed by atoms with Gasteiger partial charge < -0.3 is 5.32 Å². The largest absolute Gasteiger partial charge is 0.347 e. The predicted molar refractivity (Wildman–Crippen MR) is 121 cm³/mol. The first-order chi connectivity index (χ1) is 14.2. The van der Waals surface area contributed by atoms with E-state index in [1.54, 1.807) is 12.1 Å². The molecule has 1 amide bonds. The minimum atomic E-state index is -3.74. The SMILES string of the molecule is CC(C)(C)c1ccc(S(=O)(=O)N2CCSC2C(=O)NC2CCc3ccccc32)cc1. The van der Waals surface area contributed by atoms with Crippen molar-refractivity contribution in [3.63, 3.8) is 0 Å². The molecule has 1 saturated heterocycles. The van der Waals surface area contributed by atoms with E-state index < -0.39 is 15.4 Å². The predicted octanol–water partition coefficient (Wildman–Crippen LogP) is 3.85. The fourth-order valence-electron chi connectivity index (χ4n) is 4.12. The molecular weight excluding hydrogens is 416 g/mol. The molecule has 1 heterocycles. The normalized spacial score (nSPS) is 22.1. The highest BCUT2D eigenvalue weighted by Crippen LogP contribution is 2.34. The van der Waals surface area contributed by atoms with Crippen molar-refractivity contribution in [2.45, 2.75) is 55.3 Å². The number of carbonyl (C=O) groups excluding carboxylic acids is 1. The van der Waals surface area contributed by atoms with Gasteiger partial charge in [-0.2, -0.15) is 4.31 Å². The number of carbonyl (C=O) groups is 1. The second kappa shape index (κ2) is 8.02. The van der Waals surface area contributed by atoms with E-state index in [0.717, 1.165) is 24.0 Å². The molecule has 7 heteroatoms. The summed E-state index contributed by atoms with van der Waals surface area (Å²) in [6.45, 7) is 6.62. The van der Waals surface area contributed by atoms with Crippen molar-refractivity contribution in [3.05, 3.63) is 65.2 Å². The molecule has 2 atom stereocenters. The maximum atomic E-state index is 13.3. The first kappa shape index (κ1) is 21.4. The van der Waals surface area contributed by atoms with Gasteiger partial charge in [0, 0.05) is 12.3 Å². The fourth-order valence-corrected chi connectivity index (χ4v) is 7.20. The minimum absolute atomic E-state index is 0.0498. The Kier molecular flexibility index (Phi) is 5.72. The third-order valence-corrected chi connectivity index (χ3v) is 9.06. The van der Waals surface area contributed by atoms with Gasteiger partial charge in [-0.05, 0) is 47.1 Å². The molecule has 2 unspecified atom stereocenters. The number of fused-ring (bicyclic) bond motifs is 1. The summed E-state index contributed by atoms with van der Waals surface area (Å²) in [4.78, 5) is 13.3. The Bertz CT molecular complexity index is 1040. The summed E-state index contributed by atoms with van der Waals surface area (Å²) in [5.74, 6) is 0.382. The van der Waals surface area contributed by atoms with Crippen LogP contribution in [-0.4, -0.2) is 36.3 Å². The summed E-state index contributed by atoms with van der Waals surface area (Å²) >= 11 is 1.39. The van der Waals surface area contributed by atoms with E-state index in [0.29, 0.717) is 12.3 Å². The van der Waals surface area contributed by atoms with E-state index in [9.17, 15) is 13.2 Å². The molecule has 2 aromatic carbocycles. The smallest absolute Gasteiger partial charge is 0.249 e. The van der Waals surface area contributed by atoms with Gasteiger partial charge in [0.05, 0.1) is 10.9 Å². The number of hydrogen-bond donors (Lipinski definition) is 1. The zero-order valence-corrected chi connectivity index (χ0v) is 19.2. The Hall–Kier alpha value is -1.83. The van der Waals surface area contributed by atoms with Crippen LogP contribution in [0.25, 0.3) is 0 Å². The highest BCUT2D eigenvalue weighted by Gasteiger charge is 2.41. The van der Waals surface area contributed by atoms with Crippen LogP contribution in [0.4, 0.5) is 0 Å². The number of amides is 1. The van der Waals surface area contributed by atoms with Crippen LogP contribution in [0, 0.1) is 0 Å². The molecule has 4 rings (SSSR count). The average Bonchev–Trinajstić information content (AvgIpc) is 3.36. The highest BCUT2D eigenvalue weighted by atomic mass is 32.2. The summed E-state index contributed by atoms with van der Waals surface area (Å²) in [6.07, 6.45) is 1.78. The zero-order chi connectivity index (χ0) is 21.5. The van der Waals surface area contributed by atoms with Crippen LogP contribution in [0.15, 0.2) is 53.4 Å². The van der Waals surface area contributed by atoms with Gasteiger partial charge in [0.1, 0.15) is 5.37 Å². The average molecular weight is 445 g/mol. The van der Waals surface area contributed by atoms with Crippen molar-refractivity contribution in [1.29, 1.82) is 0 Å². The molecule has 1 N–H and O–H groups in total. The standard InChI is InChI=1S/C23H28N2O3S2/c1-23(2,3)17-9-11-18(12-10-17)30(27,28)25-14-15-29-22(25)21(26)24-20-13-8-16-6-4-5-7-19(16)20/h4-7,9-12,20,22H,8,13-15H2,1-3H3,(H,24,26). The van der Waals surface area contributed by atoms with Crippen molar-refractivity contribution >= 4 is 27.7 Å². The monoisotopic (exact) mass is 444 g/mol. The molecule has 1 aliphatic carbocycles. The number of nitrogens with zero attached hydrogens (tertiary/aromatic N) is 1. The van der Waals surface area contributed by atoms with E-state index >= 15 is 0 Å². The summed E-state index contributed by atoms with van der Waals surface area (Å²) in [5, 5.41) is 2.36. The van der Waals surface area contributed by atoms with E-state index in [1.807, 2.05) is 30.3 Å². The second-order valence-electron chi connectivity index (χ2n) is 8.91. The lowest BCUT2D eigenvalue weighted by molar-refractivity contribution is -0.122. The van der Waals surface area contributed by atoms with E-state index in [-0.39, 0.29) is 22.3 Å². The Morgan fingerprint density at radius 3 is 2.50 bits per heavy atom. The molecule has 0 saturated carbocycles. The van der Waals surface area contributed by atoms with Gasteiger partial charge in [-0.25, -0.2) is 8.42 Å². The van der Waals surface area contributed by atoms with Crippen molar-refractivity contribution < 1.29 is 13.2 Å². The number of sulfonamides is 1. The van der Waals surface area contributed by atoms with Crippen LogP contribution in [0.1, 0.15) is 49.9 Å². The van der Waals surface area contributed by atoms with Crippen LogP contribution in [0.5, 0.6) is 0 Å². The Balaban J connectivity index is 1.52. The van der Waals surface area contributed by atoms with E-state index in [4.69, 9.17) is 0 Å². The van der Waals surface area contributed by atoms with Crippen molar-refractivity contribution in [2.24, 2.45) is 0 Å². The molecule has 0 aromatic heterocycles. The molecule has 2 aliphatic rings. The van der Waals surface area contributed by atoms with Crippen molar-refractivity contribution in [1.82, 2.24) is 9.62 Å². The van der Waals surface area contributed by atoms with Gasteiger partial charge in [-0.15, -0.1) is 11.8 Å². The van der Waals surface area contributed by atoms with E-state index in [2.05, 4.69) is 32.2 Å². The molecule has 30 heavy (non-hydrogen) atoms. The molecule has 1 fully saturated rings. The molecule has 0 radical (unpaired) electrons. The summed E-state index contributed by atoms with van der Waals surface area (Å²) in [6, 6.07) is 15.1. The summed E-state index contributed by atoms with van der Waals surface area (Å²) in [5.41, 5.74) is 3.42. The number of aryl methyl sites for hydroxylation is 1. The van der Waals surface area contributed by atoms with Gasteiger partial charge >= 0.3 is 0 Å². The lowest BCUT2D eigenvalue weighted by atomic mass is 9.87. The number of benzene rings is 2. The van der Waals surface area contributed by atoms with Crippen LogP contribution >= 0.6 is 11.8 Å². The Morgan fingerprint density at radius 2 is 1.80 bits per heavy atom. The van der Waals surface area contributed by atoms with Crippen molar-refractivity contribution in [2.75, 3.05) is 12.3 Å². The number of nitrogens with one attached hydrogen (secondary N) is 1. The molecule has 0 spiro atoms. The molecular formula is C23H28N2O3S2. The molecule has 5 nitrogen and oxygen atoms in total.